The van der Waals surface area contributed by atoms with Crippen LogP contribution in [0.4, 0.5) is 0 Å². The van der Waals surface area contributed by atoms with E-state index >= 15 is 0 Å². The van der Waals surface area contributed by atoms with Gasteiger partial charge in [-0.15, -0.1) is 0 Å². The summed E-state index contributed by atoms with van der Waals surface area (Å²) in [5.41, 5.74) is -0.0502. The van der Waals surface area contributed by atoms with Gasteiger partial charge in [0.1, 0.15) is 0 Å². The molecule has 1 atom stereocenters. The number of ether oxygens (including phenoxy) is 2. The van der Waals surface area contributed by atoms with Crippen molar-refractivity contribution in [3.8, 4) is 0 Å². The number of hydrogen-bond acceptors (Lipinski definition) is 2. The molecule has 12 heavy (non-hydrogen) atoms. The van der Waals surface area contributed by atoms with Crippen LogP contribution in [0.1, 0.15) is 40.5 Å². The normalized spacial score (nSPS) is 14.8. The van der Waals surface area contributed by atoms with Crippen molar-refractivity contribution in [1.82, 2.24) is 0 Å². The summed E-state index contributed by atoms with van der Waals surface area (Å²) in [5, 5.41) is 0. The highest BCUT2D eigenvalue weighted by molar-refractivity contribution is 4.69. The maximum atomic E-state index is 5.81. The van der Waals surface area contributed by atoms with Gasteiger partial charge in [0.2, 0.25) is 0 Å². The van der Waals surface area contributed by atoms with Crippen molar-refractivity contribution in [3.63, 3.8) is 0 Å². The Hall–Kier alpha value is -0.0800. The van der Waals surface area contributed by atoms with Gasteiger partial charge >= 0.3 is 0 Å². The molecule has 0 heterocycles. The van der Waals surface area contributed by atoms with Gasteiger partial charge in [0, 0.05) is 13.7 Å². The molecule has 0 spiro atoms. The van der Waals surface area contributed by atoms with Crippen molar-refractivity contribution in [2.75, 3.05) is 13.7 Å². The molecule has 0 aliphatic rings. The monoisotopic (exact) mass is 174 g/mol. The molecule has 74 valence electrons. The third kappa shape index (κ3) is 5.56. The van der Waals surface area contributed by atoms with E-state index in [1.54, 1.807) is 7.11 Å². The molecule has 1 unspecified atom stereocenters. The van der Waals surface area contributed by atoms with Crippen LogP contribution in [-0.4, -0.2) is 25.4 Å². The zero-order valence-corrected chi connectivity index (χ0v) is 9.02. The Balaban J connectivity index is 3.69. The molecule has 0 amide bonds. The van der Waals surface area contributed by atoms with E-state index < -0.39 is 0 Å². The van der Waals surface area contributed by atoms with Crippen molar-refractivity contribution >= 4 is 0 Å². The lowest BCUT2D eigenvalue weighted by molar-refractivity contribution is -0.0778. The van der Waals surface area contributed by atoms with E-state index in [-0.39, 0.29) is 5.60 Å². The summed E-state index contributed by atoms with van der Waals surface area (Å²) in [6, 6.07) is 0. The second-order valence-electron chi connectivity index (χ2n) is 3.84. The molecular formula is C10H22O2. The first-order chi connectivity index (χ1) is 5.52. The lowest BCUT2D eigenvalue weighted by Crippen LogP contribution is -2.30. The quantitative estimate of drug-likeness (QED) is 0.616. The minimum Gasteiger partial charge on any atom is -0.385 e. The lowest BCUT2D eigenvalue weighted by Gasteiger charge is -2.28. The lowest BCUT2D eigenvalue weighted by atomic mass is 10.1. The molecule has 0 aromatic heterocycles. The predicted octanol–water partition coefficient (Wildman–Crippen LogP) is 2.62. The number of hydrogen-bond donors (Lipinski definition) is 0. The Kier molecular flexibility index (Phi) is 5.51. The third-order valence-electron chi connectivity index (χ3n) is 2.00. The smallest absolute Gasteiger partial charge is 0.0652 e. The Bertz CT molecular complexity index is 110. The summed E-state index contributed by atoms with van der Waals surface area (Å²) in [5.74, 6) is 0. The van der Waals surface area contributed by atoms with Crippen molar-refractivity contribution in [2.45, 2.75) is 52.2 Å². The summed E-state index contributed by atoms with van der Waals surface area (Å²) in [6.07, 6.45) is 2.36. The second kappa shape index (κ2) is 5.55. The molecule has 0 fully saturated rings. The van der Waals surface area contributed by atoms with Gasteiger partial charge in [-0.25, -0.2) is 0 Å². The van der Waals surface area contributed by atoms with E-state index in [2.05, 4.69) is 27.7 Å². The van der Waals surface area contributed by atoms with Crippen LogP contribution in [0, 0.1) is 0 Å². The fourth-order valence-electron chi connectivity index (χ4n) is 1.03. The SMILES string of the molecule is CCC(C)OC(C)(C)CCOC. The highest BCUT2D eigenvalue weighted by Gasteiger charge is 2.20. The first-order valence-electron chi connectivity index (χ1n) is 4.68. The number of rotatable bonds is 6. The largest absolute Gasteiger partial charge is 0.385 e. The molecule has 0 radical (unpaired) electrons. The first-order valence-corrected chi connectivity index (χ1v) is 4.68. The molecule has 2 heteroatoms. The van der Waals surface area contributed by atoms with E-state index in [4.69, 9.17) is 9.47 Å². The van der Waals surface area contributed by atoms with Crippen LogP contribution in [0.25, 0.3) is 0 Å². The van der Waals surface area contributed by atoms with Crippen LogP contribution in [0.2, 0.25) is 0 Å². The molecule has 0 aromatic rings. The maximum Gasteiger partial charge on any atom is 0.0652 e. The summed E-state index contributed by atoms with van der Waals surface area (Å²) < 4.78 is 10.8. The highest BCUT2D eigenvalue weighted by Crippen LogP contribution is 2.17. The molecule has 0 aliphatic carbocycles. The molecule has 0 saturated heterocycles. The van der Waals surface area contributed by atoms with Crippen LogP contribution in [-0.2, 0) is 9.47 Å². The van der Waals surface area contributed by atoms with Gasteiger partial charge in [-0.1, -0.05) is 6.92 Å². The van der Waals surface area contributed by atoms with Gasteiger partial charge in [-0.3, -0.25) is 0 Å². The molecule has 0 aliphatic heterocycles. The summed E-state index contributed by atoms with van der Waals surface area (Å²) in [6.45, 7) is 9.23. The van der Waals surface area contributed by atoms with Crippen LogP contribution in [0.15, 0.2) is 0 Å². The van der Waals surface area contributed by atoms with Gasteiger partial charge in [0.25, 0.3) is 0 Å². The second-order valence-corrected chi connectivity index (χ2v) is 3.84. The predicted molar refractivity (Wildman–Crippen MR) is 51.4 cm³/mol. The average molecular weight is 174 g/mol. The molecule has 0 saturated carbocycles. The van der Waals surface area contributed by atoms with Crippen molar-refractivity contribution < 1.29 is 9.47 Å². The third-order valence-corrected chi connectivity index (χ3v) is 2.00. The van der Waals surface area contributed by atoms with E-state index in [0.717, 1.165) is 19.4 Å². The zero-order chi connectivity index (χ0) is 9.61. The van der Waals surface area contributed by atoms with E-state index in [0.29, 0.717) is 6.10 Å². The molecule has 0 aromatic carbocycles. The highest BCUT2D eigenvalue weighted by atomic mass is 16.5. The van der Waals surface area contributed by atoms with Gasteiger partial charge in [0.05, 0.1) is 11.7 Å². The van der Waals surface area contributed by atoms with E-state index in [1.807, 2.05) is 0 Å². The van der Waals surface area contributed by atoms with E-state index in [9.17, 15) is 0 Å². The fraction of sp³-hybridized carbons (Fsp3) is 1.00. The number of methoxy groups -OCH3 is 1. The van der Waals surface area contributed by atoms with Crippen molar-refractivity contribution in [2.24, 2.45) is 0 Å². The standard InChI is InChI=1S/C10H22O2/c1-6-9(2)12-10(3,4)7-8-11-5/h9H,6-8H2,1-5H3. The first kappa shape index (κ1) is 11.9. The van der Waals surface area contributed by atoms with Gasteiger partial charge in [-0.05, 0) is 33.6 Å². The summed E-state index contributed by atoms with van der Waals surface area (Å²) in [7, 11) is 1.72. The Morgan fingerprint density at radius 1 is 1.33 bits per heavy atom. The average Bonchev–Trinajstić information content (AvgIpc) is 2.00. The zero-order valence-electron chi connectivity index (χ0n) is 9.02. The minimum absolute atomic E-state index is 0.0502. The Labute approximate surface area is 76.3 Å². The molecule has 0 N–H and O–H groups in total. The van der Waals surface area contributed by atoms with Gasteiger partial charge in [-0.2, -0.15) is 0 Å². The molecular weight excluding hydrogens is 152 g/mol. The summed E-state index contributed by atoms with van der Waals surface area (Å²) >= 11 is 0. The van der Waals surface area contributed by atoms with Crippen LogP contribution >= 0.6 is 0 Å². The minimum atomic E-state index is -0.0502. The maximum absolute atomic E-state index is 5.81. The molecule has 0 bridgehead atoms. The van der Waals surface area contributed by atoms with Crippen LogP contribution < -0.4 is 0 Å². The molecule has 0 rings (SSSR count). The summed E-state index contributed by atoms with van der Waals surface area (Å²) in [4.78, 5) is 0. The Morgan fingerprint density at radius 2 is 1.92 bits per heavy atom. The van der Waals surface area contributed by atoms with Crippen molar-refractivity contribution in [1.29, 1.82) is 0 Å². The van der Waals surface area contributed by atoms with Crippen LogP contribution in [0.5, 0.6) is 0 Å². The van der Waals surface area contributed by atoms with Crippen molar-refractivity contribution in [3.05, 3.63) is 0 Å². The fourth-order valence-corrected chi connectivity index (χ4v) is 1.03. The van der Waals surface area contributed by atoms with Gasteiger partial charge in [0.15, 0.2) is 0 Å². The Morgan fingerprint density at radius 3 is 2.33 bits per heavy atom. The van der Waals surface area contributed by atoms with E-state index in [1.165, 1.54) is 0 Å². The van der Waals surface area contributed by atoms with Crippen LogP contribution in [0.3, 0.4) is 0 Å². The topological polar surface area (TPSA) is 18.5 Å². The van der Waals surface area contributed by atoms with Gasteiger partial charge < -0.3 is 9.47 Å². The molecule has 2 nitrogen and oxygen atoms in total.